The molecule has 0 heterocycles. The van der Waals surface area contributed by atoms with E-state index >= 15 is 0 Å². The molecule has 1 aliphatic rings. The van der Waals surface area contributed by atoms with Crippen LogP contribution in [0.3, 0.4) is 0 Å². The van der Waals surface area contributed by atoms with Crippen molar-refractivity contribution in [2.75, 3.05) is 13.6 Å². The summed E-state index contributed by atoms with van der Waals surface area (Å²) in [5, 5.41) is 0.800. The van der Waals surface area contributed by atoms with Gasteiger partial charge in [-0.15, -0.1) is 0 Å². The zero-order chi connectivity index (χ0) is 13.1. The first kappa shape index (κ1) is 13.9. The van der Waals surface area contributed by atoms with E-state index in [1.54, 1.807) is 0 Å². The second-order valence-electron chi connectivity index (χ2n) is 5.28. The van der Waals surface area contributed by atoms with E-state index in [2.05, 4.69) is 31.0 Å². The van der Waals surface area contributed by atoms with Gasteiger partial charge in [-0.3, -0.25) is 4.90 Å². The number of hydrogen-bond donors (Lipinski definition) is 1. The van der Waals surface area contributed by atoms with Gasteiger partial charge < -0.3 is 5.73 Å². The summed E-state index contributed by atoms with van der Waals surface area (Å²) in [6.45, 7) is 2.99. The van der Waals surface area contributed by atoms with Crippen molar-refractivity contribution in [2.24, 2.45) is 11.7 Å². The number of nitrogens with zero attached hydrogens (tertiary/aromatic N) is 1. The SMILES string of the molecule is CCC(c1ccc(Cl)cc1)N(C)C(CN)C1CC1. The van der Waals surface area contributed by atoms with Crippen LogP contribution in [0.25, 0.3) is 0 Å². The minimum Gasteiger partial charge on any atom is -0.329 e. The van der Waals surface area contributed by atoms with Gasteiger partial charge in [0.15, 0.2) is 0 Å². The van der Waals surface area contributed by atoms with Crippen molar-refractivity contribution in [3.8, 4) is 0 Å². The van der Waals surface area contributed by atoms with E-state index in [0.717, 1.165) is 23.9 Å². The molecule has 100 valence electrons. The molecule has 0 radical (unpaired) electrons. The fourth-order valence-corrected chi connectivity index (χ4v) is 2.97. The molecule has 0 amide bonds. The Morgan fingerprint density at radius 2 is 1.94 bits per heavy atom. The zero-order valence-electron chi connectivity index (χ0n) is 11.3. The summed E-state index contributed by atoms with van der Waals surface area (Å²) in [5.74, 6) is 0.807. The summed E-state index contributed by atoms with van der Waals surface area (Å²) in [6, 6.07) is 9.17. The number of likely N-dealkylation sites (N-methyl/N-ethyl adjacent to an activating group) is 1. The van der Waals surface area contributed by atoms with Crippen molar-refractivity contribution < 1.29 is 0 Å². The van der Waals surface area contributed by atoms with Crippen LogP contribution >= 0.6 is 11.6 Å². The van der Waals surface area contributed by atoms with Crippen LogP contribution in [0.4, 0.5) is 0 Å². The van der Waals surface area contributed by atoms with Gasteiger partial charge in [0.25, 0.3) is 0 Å². The predicted octanol–water partition coefficient (Wildman–Crippen LogP) is 3.46. The summed E-state index contributed by atoms with van der Waals surface area (Å²) < 4.78 is 0. The van der Waals surface area contributed by atoms with Crippen molar-refractivity contribution in [1.29, 1.82) is 0 Å². The molecule has 1 aliphatic carbocycles. The van der Waals surface area contributed by atoms with Crippen LogP contribution in [0.15, 0.2) is 24.3 Å². The largest absolute Gasteiger partial charge is 0.329 e. The summed E-state index contributed by atoms with van der Waals surface area (Å²) in [6.07, 6.45) is 3.77. The molecule has 3 heteroatoms. The third kappa shape index (κ3) is 3.05. The van der Waals surface area contributed by atoms with Crippen LogP contribution in [-0.2, 0) is 0 Å². The quantitative estimate of drug-likeness (QED) is 0.854. The van der Waals surface area contributed by atoms with Crippen molar-refractivity contribution in [3.63, 3.8) is 0 Å². The van der Waals surface area contributed by atoms with E-state index in [-0.39, 0.29) is 0 Å². The van der Waals surface area contributed by atoms with Gasteiger partial charge in [-0.25, -0.2) is 0 Å². The van der Waals surface area contributed by atoms with E-state index in [0.29, 0.717) is 12.1 Å². The molecule has 1 fully saturated rings. The van der Waals surface area contributed by atoms with Crippen LogP contribution in [0.5, 0.6) is 0 Å². The van der Waals surface area contributed by atoms with Crippen LogP contribution in [0.1, 0.15) is 37.8 Å². The Bertz CT molecular complexity index is 373. The molecule has 2 nitrogen and oxygen atoms in total. The Kier molecular flexibility index (Phi) is 4.66. The molecule has 2 rings (SSSR count). The summed E-state index contributed by atoms with van der Waals surface area (Å²) in [4.78, 5) is 2.46. The lowest BCUT2D eigenvalue weighted by Crippen LogP contribution is -2.41. The van der Waals surface area contributed by atoms with Crippen LogP contribution in [-0.4, -0.2) is 24.5 Å². The molecule has 2 N–H and O–H groups in total. The number of rotatable bonds is 6. The van der Waals surface area contributed by atoms with Crippen molar-refractivity contribution in [1.82, 2.24) is 4.90 Å². The minimum absolute atomic E-state index is 0.441. The molecule has 0 bridgehead atoms. The number of hydrogen-bond acceptors (Lipinski definition) is 2. The van der Waals surface area contributed by atoms with Gasteiger partial charge in [0, 0.05) is 23.7 Å². The Balaban J connectivity index is 2.13. The second-order valence-corrected chi connectivity index (χ2v) is 5.72. The Hall–Kier alpha value is -0.570. The third-order valence-electron chi connectivity index (χ3n) is 4.06. The molecule has 1 saturated carbocycles. The molecule has 18 heavy (non-hydrogen) atoms. The summed E-state index contributed by atoms with van der Waals surface area (Å²) in [7, 11) is 2.21. The van der Waals surface area contributed by atoms with Crippen LogP contribution < -0.4 is 5.73 Å². The monoisotopic (exact) mass is 266 g/mol. The first-order valence-electron chi connectivity index (χ1n) is 6.84. The van der Waals surface area contributed by atoms with E-state index in [4.69, 9.17) is 17.3 Å². The van der Waals surface area contributed by atoms with Crippen molar-refractivity contribution in [3.05, 3.63) is 34.9 Å². The fraction of sp³-hybridized carbons (Fsp3) is 0.600. The molecule has 0 saturated heterocycles. The Morgan fingerprint density at radius 3 is 2.39 bits per heavy atom. The first-order chi connectivity index (χ1) is 8.67. The van der Waals surface area contributed by atoms with E-state index < -0.39 is 0 Å². The van der Waals surface area contributed by atoms with Crippen LogP contribution in [0, 0.1) is 5.92 Å². The standard InChI is InChI=1S/C15H23ClN2/c1-3-14(11-6-8-13(16)9-7-11)18(2)15(10-17)12-4-5-12/h6-9,12,14-15H,3-5,10,17H2,1-2H3. The van der Waals surface area contributed by atoms with Gasteiger partial charge in [0.1, 0.15) is 0 Å². The lowest BCUT2D eigenvalue weighted by Gasteiger charge is -2.34. The Labute approximate surface area is 115 Å². The highest BCUT2D eigenvalue weighted by Crippen LogP contribution is 2.38. The number of nitrogens with two attached hydrogens (primary N) is 1. The van der Waals surface area contributed by atoms with Crippen molar-refractivity contribution >= 4 is 11.6 Å². The highest BCUT2D eigenvalue weighted by atomic mass is 35.5. The van der Waals surface area contributed by atoms with Gasteiger partial charge in [-0.05, 0) is 49.9 Å². The normalized spacial score (nSPS) is 18.9. The lowest BCUT2D eigenvalue weighted by molar-refractivity contribution is 0.155. The first-order valence-corrected chi connectivity index (χ1v) is 7.22. The fourth-order valence-electron chi connectivity index (χ4n) is 2.85. The molecule has 0 aliphatic heterocycles. The predicted molar refractivity (Wildman–Crippen MR) is 77.8 cm³/mol. The smallest absolute Gasteiger partial charge is 0.0406 e. The van der Waals surface area contributed by atoms with Gasteiger partial charge in [-0.1, -0.05) is 30.7 Å². The van der Waals surface area contributed by atoms with Gasteiger partial charge in [-0.2, -0.15) is 0 Å². The topological polar surface area (TPSA) is 29.3 Å². The van der Waals surface area contributed by atoms with E-state index in [9.17, 15) is 0 Å². The van der Waals surface area contributed by atoms with Gasteiger partial charge in [0.05, 0.1) is 0 Å². The molecular weight excluding hydrogens is 244 g/mol. The Morgan fingerprint density at radius 1 is 1.33 bits per heavy atom. The molecule has 1 aromatic rings. The minimum atomic E-state index is 0.441. The van der Waals surface area contributed by atoms with Gasteiger partial charge in [0.2, 0.25) is 0 Å². The average molecular weight is 267 g/mol. The maximum atomic E-state index is 5.96. The molecule has 0 aromatic heterocycles. The summed E-state index contributed by atoms with van der Waals surface area (Å²) >= 11 is 5.96. The molecule has 2 atom stereocenters. The van der Waals surface area contributed by atoms with Crippen molar-refractivity contribution in [2.45, 2.75) is 38.3 Å². The highest BCUT2D eigenvalue weighted by molar-refractivity contribution is 6.30. The molecular formula is C15H23ClN2. The van der Waals surface area contributed by atoms with E-state index in [1.165, 1.54) is 18.4 Å². The summed E-state index contributed by atoms with van der Waals surface area (Å²) in [5.41, 5.74) is 7.28. The molecule has 2 unspecified atom stereocenters. The maximum Gasteiger partial charge on any atom is 0.0406 e. The average Bonchev–Trinajstić information content (AvgIpc) is 3.18. The zero-order valence-corrected chi connectivity index (χ0v) is 12.0. The number of benzene rings is 1. The van der Waals surface area contributed by atoms with E-state index in [1.807, 2.05) is 12.1 Å². The van der Waals surface area contributed by atoms with Crippen LogP contribution in [0.2, 0.25) is 5.02 Å². The molecule has 0 spiro atoms. The third-order valence-corrected chi connectivity index (χ3v) is 4.32. The lowest BCUT2D eigenvalue weighted by atomic mass is 10.00. The van der Waals surface area contributed by atoms with Gasteiger partial charge >= 0.3 is 0 Å². The maximum absolute atomic E-state index is 5.96. The molecule has 1 aromatic carbocycles. The highest BCUT2D eigenvalue weighted by Gasteiger charge is 2.35. The number of halogens is 1. The second kappa shape index (κ2) is 6.05.